The summed E-state index contributed by atoms with van der Waals surface area (Å²) < 4.78 is 284. The number of halogens is 22. The summed E-state index contributed by atoms with van der Waals surface area (Å²) in [6, 6.07) is 0. The summed E-state index contributed by atoms with van der Waals surface area (Å²) in [7, 11) is 0. The van der Waals surface area contributed by atoms with Crippen LogP contribution in [0.2, 0.25) is 0 Å². The van der Waals surface area contributed by atoms with Gasteiger partial charge in [-0.3, -0.25) is 0 Å². The topological polar surface area (TPSA) is 0 Å². The fourth-order valence-corrected chi connectivity index (χ4v) is 4.52. The second-order valence-corrected chi connectivity index (χ2v) is 10.1. The molecule has 1 atom stereocenters. The molecule has 41 heavy (non-hydrogen) atoms. The van der Waals surface area contributed by atoms with Crippen molar-refractivity contribution >= 4 is 22.6 Å². The highest BCUT2D eigenvalue weighted by Gasteiger charge is 2.98. The maximum atomic E-state index is 14.7. The first-order valence-electron chi connectivity index (χ1n) is 10.6. The van der Waals surface area contributed by atoms with E-state index >= 15 is 0 Å². The molecule has 0 bridgehead atoms. The lowest BCUT2D eigenvalue weighted by atomic mass is 9.82. The molecule has 1 unspecified atom stereocenters. The molecule has 0 aromatic heterocycles. The average Bonchev–Trinajstić information content (AvgIpc) is 2.89. The van der Waals surface area contributed by atoms with Crippen LogP contribution in [0.4, 0.5) is 92.2 Å². The van der Waals surface area contributed by atoms with Crippen molar-refractivity contribution in [1.29, 1.82) is 0 Å². The Hall–Kier alpha value is -1.00. The fourth-order valence-electron chi connectivity index (χ4n) is 3.51. The minimum absolute atomic E-state index is 0.0430. The first kappa shape index (κ1) is 38.0. The molecule has 0 saturated heterocycles. The smallest absolute Gasteiger partial charge is 0.199 e. The van der Waals surface area contributed by atoms with Gasteiger partial charge in [0.1, 0.15) is 0 Å². The summed E-state index contributed by atoms with van der Waals surface area (Å²) in [5.74, 6) is -79.8. The molecule has 1 aliphatic rings. The summed E-state index contributed by atoms with van der Waals surface area (Å²) in [5.41, 5.74) is 0. The molecule has 0 fully saturated rings. The summed E-state index contributed by atoms with van der Waals surface area (Å²) in [5, 5.41) is 0. The molecule has 0 aliphatic heterocycles. The van der Waals surface area contributed by atoms with Gasteiger partial charge in [-0.2, -0.15) is 92.2 Å². The van der Waals surface area contributed by atoms with E-state index in [4.69, 9.17) is 0 Å². The van der Waals surface area contributed by atoms with Gasteiger partial charge in [-0.05, 0) is 45.4 Å². The molecule has 0 amide bonds. The Balaban J connectivity index is 3.79. The number of rotatable bonds is 9. The lowest BCUT2D eigenvalue weighted by Gasteiger charge is -2.45. The van der Waals surface area contributed by atoms with Crippen LogP contribution in [0.5, 0.6) is 0 Å². The zero-order valence-electron chi connectivity index (χ0n) is 19.2. The van der Waals surface area contributed by atoms with Crippen LogP contribution in [-0.4, -0.2) is 59.5 Å². The zero-order chi connectivity index (χ0) is 33.1. The SMILES string of the molecule is FC(F)(F)C(F)(F)C(F)(F)C(F)(F)C(F)(F)C(F)(F)C(F)(F)C(F)(F)C(F)(F)C(F)(F)C1CCCCCC/C=C\1I. The second kappa shape index (κ2) is 10.9. The van der Waals surface area contributed by atoms with Gasteiger partial charge in [0.2, 0.25) is 0 Å². The summed E-state index contributed by atoms with van der Waals surface area (Å²) in [6.07, 6.45) is -8.77. The van der Waals surface area contributed by atoms with E-state index in [9.17, 15) is 92.2 Å². The first-order chi connectivity index (χ1) is 17.8. The molecule has 22 heteroatoms. The van der Waals surface area contributed by atoms with Crippen LogP contribution < -0.4 is 0 Å². The highest BCUT2D eigenvalue weighted by Crippen LogP contribution is 2.67. The monoisotopic (exact) mass is 768 g/mol. The van der Waals surface area contributed by atoms with Crippen molar-refractivity contribution in [1.82, 2.24) is 0 Å². The second-order valence-electron chi connectivity index (χ2n) is 8.85. The molecular weight excluding hydrogens is 754 g/mol. The van der Waals surface area contributed by atoms with E-state index in [2.05, 4.69) is 0 Å². The molecule has 0 radical (unpaired) electrons. The minimum Gasteiger partial charge on any atom is -0.199 e. The van der Waals surface area contributed by atoms with Crippen LogP contribution in [0.1, 0.15) is 38.5 Å². The predicted molar refractivity (Wildman–Crippen MR) is 104 cm³/mol. The molecule has 0 saturated carbocycles. The van der Waals surface area contributed by atoms with E-state index in [-0.39, 0.29) is 25.7 Å². The zero-order valence-corrected chi connectivity index (χ0v) is 21.4. The van der Waals surface area contributed by atoms with Gasteiger partial charge < -0.3 is 0 Å². The Morgan fingerprint density at radius 1 is 0.439 bits per heavy atom. The predicted octanol–water partition coefficient (Wildman–Crippen LogP) is 10.6. The molecule has 244 valence electrons. The Kier molecular flexibility index (Phi) is 10.1. The highest BCUT2D eigenvalue weighted by molar-refractivity contribution is 14.1. The largest absolute Gasteiger partial charge is 0.460 e. The van der Waals surface area contributed by atoms with Crippen molar-refractivity contribution in [2.45, 2.75) is 98.0 Å². The van der Waals surface area contributed by atoms with E-state index in [1.54, 1.807) is 0 Å². The van der Waals surface area contributed by atoms with E-state index in [0.29, 0.717) is 0 Å². The molecule has 0 aromatic rings. The molecule has 1 rings (SSSR count). The lowest BCUT2D eigenvalue weighted by Crippen LogP contribution is -2.77. The van der Waals surface area contributed by atoms with Crippen molar-refractivity contribution in [3.63, 3.8) is 0 Å². The maximum Gasteiger partial charge on any atom is 0.460 e. The van der Waals surface area contributed by atoms with Crippen LogP contribution in [0, 0.1) is 5.92 Å². The number of allylic oxidation sites excluding steroid dienone is 2. The number of hydrogen-bond acceptors (Lipinski definition) is 0. The molecule has 0 aromatic carbocycles. The third-order valence-corrected chi connectivity index (χ3v) is 7.28. The Morgan fingerprint density at radius 3 is 1.12 bits per heavy atom. The molecule has 0 spiro atoms. The third kappa shape index (κ3) is 5.34. The van der Waals surface area contributed by atoms with Crippen LogP contribution in [-0.2, 0) is 0 Å². The third-order valence-electron chi connectivity index (χ3n) is 6.09. The normalized spacial score (nSPS) is 22.0. The van der Waals surface area contributed by atoms with Crippen LogP contribution >= 0.6 is 22.6 Å². The first-order valence-corrected chi connectivity index (χ1v) is 11.7. The number of hydrogen-bond donors (Lipinski definition) is 0. The minimum atomic E-state index is -9.15. The van der Waals surface area contributed by atoms with E-state index < -0.39 is 81.8 Å². The summed E-state index contributed by atoms with van der Waals surface area (Å²) >= 11 is 0.856. The van der Waals surface area contributed by atoms with Gasteiger partial charge in [-0.25, -0.2) is 0 Å². The van der Waals surface area contributed by atoms with Crippen LogP contribution in [0.25, 0.3) is 0 Å². The lowest BCUT2D eigenvalue weighted by molar-refractivity contribution is -0.475. The van der Waals surface area contributed by atoms with Gasteiger partial charge in [0.25, 0.3) is 0 Å². The van der Waals surface area contributed by atoms with Gasteiger partial charge in [0.15, 0.2) is 0 Å². The Labute approximate surface area is 228 Å². The van der Waals surface area contributed by atoms with Gasteiger partial charge in [0.05, 0.1) is 5.92 Å². The van der Waals surface area contributed by atoms with Gasteiger partial charge in [-0.15, -0.1) is 0 Å². The van der Waals surface area contributed by atoms with E-state index in [0.717, 1.165) is 28.7 Å². The Bertz CT molecular complexity index is 960. The highest BCUT2D eigenvalue weighted by atomic mass is 127. The van der Waals surface area contributed by atoms with Crippen molar-refractivity contribution in [2.75, 3.05) is 0 Å². The molecule has 0 N–H and O–H groups in total. The van der Waals surface area contributed by atoms with Crippen molar-refractivity contribution in [3.05, 3.63) is 9.66 Å². The molecule has 0 nitrogen and oxygen atoms in total. The molecule has 0 heterocycles. The van der Waals surface area contributed by atoms with Gasteiger partial charge in [-0.1, -0.05) is 25.3 Å². The van der Waals surface area contributed by atoms with E-state index in [1.807, 2.05) is 0 Å². The molecule has 1 aliphatic carbocycles. The summed E-state index contributed by atoms with van der Waals surface area (Å²) in [6.45, 7) is 0. The quantitative estimate of drug-likeness (QED) is 0.162. The Morgan fingerprint density at radius 2 is 0.756 bits per heavy atom. The number of alkyl halides is 21. The van der Waals surface area contributed by atoms with E-state index in [1.165, 1.54) is 0 Å². The maximum absolute atomic E-state index is 14.7. The van der Waals surface area contributed by atoms with Gasteiger partial charge >= 0.3 is 59.5 Å². The van der Waals surface area contributed by atoms with Crippen molar-refractivity contribution in [2.24, 2.45) is 5.92 Å². The standard InChI is InChI=1S/C19H14F21I/c20-10(21,8-6-4-2-1-3-5-7-9(8)41)11(22,23)12(24,25)13(26,27)14(28,29)15(30,31)16(32,33)17(34,35)18(36,37)19(38,39)40/h7-8H,1-6H2/b9-7+. The van der Waals surface area contributed by atoms with Gasteiger partial charge in [0, 0.05) is 0 Å². The van der Waals surface area contributed by atoms with Crippen molar-refractivity contribution in [3.8, 4) is 0 Å². The van der Waals surface area contributed by atoms with Crippen LogP contribution in [0.3, 0.4) is 0 Å². The summed E-state index contributed by atoms with van der Waals surface area (Å²) in [4.78, 5) is 0. The molecular formula is C19H14F21I. The van der Waals surface area contributed by atoms with Crippen molar-refractivity contribution < 1.29 is 92.2 Å². The average molecular weight is 768 g/mol. The van der Waals surface area contributed by atoms with Crippen LogP contribution in [0.15, 0.2) is 9.66 Å². The fraction of sp³-hybridized carbons (Fsp3) is 0.895.